The minimum atomic E-state index is 0. The van der Waals surface area contributed by atoms with Crippen molar-refractivity contribution < 1.29 is 9.47 Å². The van der Waals surface area contributed by atoms with Crippen LogP contribution in [0.5, 0.6) is 11.5 Å². The Kier molecular flexibility index (Phi) is 9.44. The van der Waals surface area contributed by atoms with E-state index >= 15 is 0 Å². The lowest BCUT2D eigenvalue weighted by Gasteiger charge is -2.16. The van der Waals surface area contributed by atoms with E-state index in [2.05, 4.69) is 19.2 Å². The highest BCUT2D eigenvalue weighted by Gasteiger charge is 2.13. The van der Waals surface area contributed by atoms with Crippen LogP contribution in [0.1, 0.15) is 31.9 Å². The Balaban J connectivity index is 0.00000312. The van der Waals surface area contributed by atoms with Crippen LogP contribution in [0.15, 0.2) is 36.4 Å². The van der Waals surface area contributed by atoms with Gasteiger partial charge in [0.2, 0.25) is 0 Å². The zero-order valence-corrected chi connectivity index (χ0v) is 17.0. The molecule has 1 N–H and O–H groups in total. The summed E-state index contributed by atoms with van der Waals surface area (Å²) in [6.07, 6.45) is 0. The second kappa shape index (κ2) is 10.8. The minimum Gasteiger partial charge on any atom is -0.490 e. The molecule has 0 aliphatic heterocycles. The van der Waals surface area contributed by atoms with Crippen LogP contribution >= 0.6 is 35.6 Å². The van der Waals surface area contributed by atoms with Gasteiger partial charge in [-0.15, -0.1) is 12.4 Å². The Labute approximate surface area is 166 Å². The number of halogens is 3. The molecule has 0 aliphatic carbocycles. The fourth-order valence-electron chi connectivity index (χ4n) is 2.18. The lowest BCUT2D eigenvalue weighted by molar-refractivity contribution is 0.269. The van der Waals surface area contributed by atoms with Crippen molar-refractivity contribution in [3.8, 4) is 11.5 Å². The SMILES string of the molecule is CCOc1cc(CNC(C)C)cc(Cl)c1OCc1ccc(Cl)cc1.Cl. The first-order valence-electron chi connectivity index (χ1n) is 8.05. The smallest absolute Gasteiger partial charge is 0.180 e. The molecule has 0 aliphatic rings. The van der Waals surface area contributed by atoms with Crippen molar-refractivity contribution in [1.82, 2.24) is 5.32 Å². The van der Waals surface area contributed by atoms with E-state index in [9.17, 15) is 0 Å². The van der Waals surface area contributed by atoms with Crippen molar-refractivity contribution in [1.29, 1.82) is 0 Å². The molecule has 138 valence electrons. The number of ether oxygens (including phenoxy) is 2. The van der Waals surface area contributed by atoms with Gasteiger partial charge in [-0.2, -0.15) is 0 Å². The fourth-order valence-corrected chi connectivity index (χ4v) is 2.60. The monoisotopic (exact) mass is 403 g/mol. The second-order valence-corrected chi connectivity index (χ2v) is 6.63. The van der Waals surface area contributed by atoms with Crippen LogP contribution in [0.3, 0.4) is 0 Å². The maximum absolute atomic E-state index is 6.42. The van der Waals surface area contributed by atoms with Crippen LogP contribution < -0.4 is 14.8 Å². The minimum absolute atomic E-state index is 0. The van der Waals surface area contributed by atoms with Crippen molar-refractivity contribution in [2.45, 2.75) is 40.0 Å². The number of nitrogens with one attached hydrogen (secondary N) is 1. The van der Waals surface area contributed by atoms with Gasteiger partial charge < -0.3 is 14.8 Å². The van der Waals surface area contributed by atoms with Gasteiger partial charge in [-0.05, 0) is 42.3 Å². The maximum Gasteiger partial charge on any atom is 0.180 e. The summed E-state index contributed by atoms with van der Waals surface area (Å²) in [5.41, 5.74) is 2.08. The molecular formula is C19H24Cl3NO2. The van der Waals surface area contributed by atoms with E-state index in [1.165, 1.54) is 0 Å². The molecule has 0 amide bonds. The van der Waals surface area contributed by atoms with Gasteiger partial charge in [0.05, 0.1) is 11.6 Å². The molecule has 0 unspecified atom stereocenters. The Hall–Kier alpha value is -1.13. The summed E-state index contributed by atoms with van der Waals surface area (Å²) in [4.78, 5) is 0. The summed E-state index contributed by atoms with van der Waals surface area (Å²) in [6, 6.07) is 11.8. The van der Waals surface area contributed by atoms with E-state index in [0.717, 1.165) is 17.7 Å². The highest BCUT2D eigenvalue weighted by Crippen LogP contribution is 2.37. The lowest BCUT2D eigenvalue weighted by atomic mass is 10.2. The van der Waals surface area contributed by atoms with Crippen LogP contribution in [-0.4, -0.2) is 12.6 Å². The highest BCUT2D eigenvalue weighted by atomic mass is 35.5. The molecule has 0 spiro atoms. The summed E-state index contributed by atoms with van der Waals surface area (Å²) >= 11 is 12.3. The van der Waals surface area contributed by atoms with Gasteiger partial charge in [0, 0.05) is 17.6 Å². The molecule has 0 atom stereocenters. The van der Waals surface area contributed by atoms with Crippen LogP contribution in [0.4, 0.5) is 0 Å². The molecule has 0 bridgehead atoms. The Morgan fingerprint density at radius 1 is 1.00 bits per heavy atom. The zero-order chi connectivity index (χ0) is 17.5. The molecule has 6 heteroatoms. The molecule has 2 aromatic rings. The Bertz CT molecular complexity index is 660. The number of hydrogen-bond donors (Lipinski definition) is 1. The average Bonchev–Trinajstić information content (AvgIpc) is 2.54. The van der Waals surface area contributed by atoms with Gasteiger partial charge in [0.1, 0.15) is 6.61 Å². The molecular weight excluding hydrogens is 381 g/mol. The molecule has 0 heterocycles. The zero-order valence-electron chi connectivity index (χ0n) is 14.6. The summed E-state index contributed by atoms with van der Waals surface area (Å²) in [5, 5.41) is 4.63. The van der Waals surface area contributed by atoms with Gasteiger partial charge in [-0.25, -0.2) is 0 Å². The molecule has 0 aromatic heterocycles. The van der Waals surface area contributed by atoms with Gasteiger partial charge in [-0.1, -0.05) is 49.2 Å². The fraction of sp³-hybridized carbons (Fsp3) is 0.368. The average molecular weight is 405 g/mol. The summed E-state index contributed by atoms with van der Waals surface area (Å²) in [5.74, 6) is 1.24. The summed E-state index contributed by atoms with van der Waals surface area (Å²) < 4.78 is 11.6. The van der Waals surface area contributed by atoms with E-state index in [-0.39, 0.29) is 12.4 Å². The quantitative estimate of drug-likeness (QED) is 0.595. The molecule has 0 saturated heterocycles. The standard InChI is InChI=1S/C19H23Cl2NO2.ClH/c1-4-23-18-10-15(11-22-13(2)3)9-17(21)19(18)24-12-14-5-7-16(20)8-6-14;/h5-10,13,22H,4,11-12H2,1-3H3;1H. The van der Waals surface area contributed by atoms with Gasteiger partial charge in [-0.3, -0.25) is 0 Å². The van der Waals surface area contributed by atoms with Crippen LogP contribution in [0, 0.1) is 0 Å². The molecule has 25 heavy (non-hydrogen) atoms. The molecule has 0 radical (unpaired) electrons. The molecule has 0 saturated carbocycles. The third kappa shape index (κ3) is 6.95. The van der Waals surface area contributed by atoms with Crippen LogP contribution in [-0.2, 0) is 13.2 Å². The Morgan fingerprint density at radius 2 is 1.68 bits per heavy atom. The van der Waals surface area contributed by atoms with Gasteiger partial charge in [0.25, 0.3) is 0 Å². The van der Waals surface area contributed by atoms with Crippen molar-refractivity contribution in [3.63, 3.8) is 0 Å². The summed E-state index contributed by atoms with van der Waals surface area (Å²) in [7, 11) is 0. The molecule has 0 fully saturated rings. The van der Waals surface area contributed by atoms with Crippen LogP contribution in [0.2, 0.25) is 10.0 Å². The number of hydrogen-bond acceptors (Lipinski definition) is 3. The number of benzene rings is 2. The lowest BCUT2D eigenvalue weighted by Crippen LogP contribution is -2.21. The first-order valence-corrected chi connectivity index (χ1v) is 8.81. The van der Waals surface area contributed by atoms with Crippen molar-refractivity contribution in [2.24, 2.45) is 0 Å². The first kappa shape index (κ1) is 21.9. The maximum atomic E-state index is 6.42. The predicted molar refractivity (Wildman–Crippen MR) is 108 cm³/mol. The van der Waals surface area contributed by atoms with E-state index in [4.69, 9.17) is 32.7 Å². The van der Waals surface area contributed by atoms with E-state index in [1.54, 1.807) is 0 Å². The molecule has 3 nitrogen and oxygen atoms in total. The largest absolute Gasteiger partial charge is 0.490 e. The molecule has 2 aromatic carbocycles. The topological polar surface area (TPSA) is 30.5 Å². The third-order valence-corrected chi connectivity index (χ3v) is 3.91. The Morgan fingerprint density at radius 3 is 2.28 bits per heavy atom. The van der Waals surface area contributed by atoms with E-state index in [0.29, 0.717) is 40.8 Å². The van der Waals surface area contributed by atoms with Crippen LogP contribution in [0.25, 0.3) is 0 Å². The van der Waals surface area contributed by atoms with Crippen molar-refractivity contribution in [3.05, 3.63) is 57.6 Å². The normalized spacial score (nSPS) is 10.5. The first-order chi connectivity index (χ1) is 11.5. The van der Waals surface area contributed by atoms with E-state index in [1.807, 2.05) is 43.3 Å². The second-order valence-electron chi connectivity index (χ2n) is 5.79. The summed E-state index contributed by atoms with van der Waals surface area (Å²) in [6.45, 7) is 7.84. The van der Waals surface area contributed by atoms with Crippen molar-refractivity contribution >= 4 is 35.6 Å². The number of rotatable bonds is 8. The van der Waals surface area contributed by atoms with Crippen molar-refractivity contribution in [2.75, 3.05) is 6.61 Å². The van der Waals surface area contributed by atoms with Gasteiger partial charge in [0.15, 0.2) is 11.5 Å². The van der Waals surface area contributed by atoms with E-state index < -0.39 is 0 Å². The molecule has 2 rings (SSSR count). The van der Waals surface area contributed by atoms with Gasteiger partial charge >= 0.3 is 0 Å². The predicted octanol–water partition coefficient (Wildman–Crippen LogP) is 5.89. The highest BCUT2D eigenvalue weighted by molar-refractivity contribution is 6.32. The third-order valence-electron chi connectivity index (χ3n) is 3.38.